The first-order valence-electron chi connectivity index (χ1n) is 8.56. The van der Waals surface area contributed by atoms with Gasteiger partial charge in [0.2, 0.25) is 0 Å². The van der Waals surface area contributed by atoms with E-state index in [9.17, 15) is 14.7 Å². The molecule has 2 aromatic rings. The van der Waals surface area contributed by atoms with E-state index in [4.69, 9.17) is 21.1 Å². The fourth-order valence-electron chi connectivity index (χ4n) is 2.31. The van der Waals surface area contributed by atoms with Gasteiger partial charge in [-0.1, -0.05) is 42.5 Å². The first kappa shape index (κ1) is 20.6. The molecule has 0 heterocycles. The molecule has 7 heteroatoms. The molecule has 1 amide bonds. The van der Waals surface area contributed by atoms with Gasteiger partial charge in [-0.15, -0.1) is 11.6 Å². The number of benzene rings is 2. The Morgan fingerprint density at radius 3 is 2.37 bits per heavy atom. The molecule has 1 atom stereocenters. The molecule has 2 rings (SSSR count). The van der Waals surface area contributed by atoms with E-state index in [0.717, 1.165) is 17.5 Å². The molecule has 6 nitrogen and oxygen atoms in total. The average Bonchev–Trinajstić information content (AvgIpc) is 2.68. The lowest BCUT2D eigenvalue weighted by Crippen LogP contribution is -2.42. The number of carbonyl (C=O) groups excluding carboxylic acids is 1. The summed E-state index contributed by atoms with van der Waals surface area (Å²) in [7, 11) is 0. The highest BCUT2D eigenvalue weighted by molar-refractivity contribution is 6.17. The summed E-state index contributed by atoms with van der Waals surface area (Å²) in [5.74, 6) is 0.0878. The zero-order valence-corrected chi connectivity index (χ0v) is 15.5. The van der Waals surface area contributed by atoms with Crippen LogP contribution in [-0.2, 0) is 22.6 Å². The highest BCUT2D eigenvalue weighted by Crippen LogP contribution is 2.14. The van der Waals surface area contributed by atoms with Crippen molar-refractivity contribution in [2.24, 2.45) is 0 Å². The van der Waals surface area contributed by atoms with Crippen LogP contribution in [0.15, 0.2) is 54.6 Å². The van der Waals surface area contributed by atoms with Crippen LogP contribution in [0.5, 0.6) is 5.75 Å². The number of alkyl carbamates (subject to hydrolysis) is 1. The summed E-state index contributed by atoms with van der Waals surface area (Å²) in [6.07, 6.45) is 0.115. The van der Waals surface area contributed by atoms with E-state index in [1.165, 1.54) is 0 Å². The predicted octanol–water partition coefficient (Wildman–Crippen LogP) is 3.62. The SMILES string of the molecule is O=C(N[C@@H](Cc1ccc(OCCCCl)cc1)C(=O)O)OCc1ccccc1. The number of halogens is 1. The monoisotopic (exact) mass is 391 g/mol. The van der Waals surface area contributed by atoms with E-state index in [1.807, 2.05) is 30.3 Å². The van der Waals surface area contributed by atoms with E-state index in [-0.39, 0.29) is 13.0 Å². The molecule has 0 bridgehead atoms. The van der Waals surface area contributed by atoms with Crippen molar-refractivity contribution in [3.63, 3.8) is 0 Å². The lowest BCUT2D eigenvalue weighted by atomic mass is 10.1. The van der Waals surface area contributed by atoms with Gasteiger partial charge in [0.1, 0.15) is 18.4 Å². The maximum atomic E-state index is 11.9. The second kappa shape index (κ2) is 11.1. The molecule has 0 unspecified atom stereocenters. The molecule has 0 saturated carbocycles. The van der Waals surface area contributed by atoms with Gasteiger partial charge in [-0.05, 0) is 29.7 Å². The number of carboxylic acids is 1. The number of amides is 1. The zero-order chi connectivity index (χ0) is 19.5. The maximum Gasteiger partial charge on any atom is 0.408 e. The molecule has 0 aliphatic carbocycles. The summed E-state index contributed by atoms with van der Waals surface area (Å²) in [5, 5.41) is 11.7. The lowest BCUT2D eigenvalue weighted by Gasteiger charge is -2.15. The number of carboxylic acid groups (broad SMARTS) is 1. The highest BCUT2D eigenvalue weighted by atomic mass is 35.5. The second-order valence-electron chi connectivity index (χ2n) is 5.84. The van der Waals surface area contributed by atoms with Crippen molar-refractivity contribution in [3.8, 4) is 5.75 Å². The standard InChI is InChI=1S/C20H22ClNO5/c21-11-4-12-26-17-9-7-15(8-10-17)13-18(19(23)24)22-20(25)27-14-16-5-2-1-3-6-16/h1-3,5-10,18H,4,11-14H2,(H,22,25)(H,23,24)/t18-/m0/s1. The van der Waals surface area contributed by atoms with Gasteiger partial charge >= 0.3 is 12.1 Å². The van der Waals surface area contributed by atoms with Gasteiger partial charge in [-0.25, -0.2) is 9.59 Å². The third-order valence-electron chi connectivity index (χ3n) is 3.71. The van der Waals surface area contributed by atoms with Crippen LogP contribution < -0.4 is 10.1 Å². The Morgan fingerprint density at radius 1 is 1.04 bits per heavy atom. The van der Waals surface area contributed by atoms with Crippen molar-refractivity contribution in [2.75, 3.05) is 12.5 Å². The van der Waals surface area contributed by atoms with Crippen molar-refractivity contribution in [2.45, 2.75) is 25.5 Å². The minimum Gasteiger partial charge on any atom is -0.494 e. The van der Waals surface area contributed by atoms with Crippen LogP contribution in [0.3, 0.4) is 0 Å². The van der Waals surface area contributed by atoms with Gasteiger partial charge in [0.25, 0.3) is 0 Å². The Kier molecular flexibility index (Phi) is 8.45. The quantitative estimate of drug-likeness (QED) is 0.477. The summed E-state index contributed by atoms with van der Waals surface area (Å²) in [4.78, 5) is 23.3. The minimum atomic E-state index is -1.13. The Balaban J connectivity index is 1.85. The van der Waals surface area contributed by atoms with Crippen molar-refractivity contribution < 1.29 is 24.2 Å². The highest BCUT2D eigenvalue weighted by Gasteiger charge is 2.21. The predicted molar refractivity (Wildman–Crippen MR) is 102 cm³/mol. The summed E-state index contributed by atoms with van der Waals surface area (Å²) in [5.41, 5.74) is 1.58. The smallest absolute Gasteiger partial charge is 0.408 e. The van der Waals surface area contributed by atoms with E-state index < -0.39 is 18.1 Å². The maximum absolute atomic E-state index is 11.9. The van der Waals surface area contributed by atoms with Crippen LogP contribution >= 0.6 is 11.6 Å². The number of hydrogen-bond acceptors (Lipinski definition) is 4. The first-order valence-corrected chi connectivity index (χ1v) is 9.09. The van der Waals surface area contributed by atoms with E-state index in [0.29, 0.717) is 18.2 Å². The fraction of sp³-hybridized carbons (Fsp3) is 0.300. The van der Waals surface area contributed by atoms with Gasteiger partial charge in [0.15, 0.2) is 0 Å². The van der Waals surface area contributed by atoms with Crippen molar-refractivity contribution in [1.29, 1.82) is 0 Å². The molecule has 0 spiro atoms. The number of carbonyl (C=O) groups is 2. The topological polar surface area (TPSA) is 84.9 Å². The van der Waals surface area contributed by atoms with Gasteiger partial charge in [-0.3, -0.25) is 0 Å². The van der Waals surface area contributed by atoms with Crippen LogP contribution in [0.25, 0.3) is 0 Å². The molecule has 0 saturated heterocycles. The Labute approximate surface area is 163 Å². The van der Waals surface area contributed by atoms with Gasteiger partial charge < -0.3 is 19.9 Å². The second-order valence-corrected chi connectivity index (χ2v) is 6.21. The Hall–Kier alpha value is -2.73. The fourth-order valence-corrected chi connectivity index (χ4v) is 2.42. The summed E-state index contributed by atoms with van der Waals surface area (Å²) < 4.78 is 10.6. The zero-order valence-electron chi connectivity index (χ0n) is 14.8. The molecule has 0 fully saturated rings. The third-order valence-corrected chi connectivity index (χ3v) is 3.98. The number of ether oxygens (including phenoxy) is 2. The van der Waals surface area contributed by atoms with Gasteiger partial charge in [-0.2, -0.15) is 0 Å². The van der Waals surface area contributed by atoms with E-state index in [1.54, 1.807) is 24.3 Å². The van der Waals surface area contributed by atoms with Crippen molar-refractivity contribution in [1.82, 2.24) is 5.32 Å². The van der Waals surface area contributed by atoms with E-state index in [2.05, 4.69) is 5.32 Å². The molecule has 0 radical (unpaired) electrons. The molecule has 2 aromatic carbocycles. The number of aliphatic carboxylic acids is 1. The average molecular weight is 392 g/mol. The van der Waals surface area contributed by atoms with Crippen LogP contribution in [0.2, 0.25) is 0 Å². The van der Waals surface area contributed by atoms with Gasteiger partial charge in [0, 0.05) is 12.3 Å². The molecule has 2 N–H and O–H groups in total. The van der Waals surface area contributed by atoms with Crippen LogP contribution in [0, 0.1) is 0 Å². The number of nitrogens with one attached hydrogen (secondary N) is 1. The summed E-state index contributed by atoms with van der Waals surface area (Å²) in [6.45, 7) is 0.600. The number of alkyl halides is 1. The minimum absolute atomic E-state index is 0.0767. The first-order chi connectivity index (χ1) is 13.1. The molecule has 27 heavy (non-hydrogen) atoms. The summed E-state index contributed by atoms with van der Waals surface area (Å²) in [6, 6.07) is 15.1. The van der Waals surface area contributed by atoms with Gasteiger partial charge in [0.05, 0.1) is 6.61 Å². The summed E-state index contributed by atoms with van der Waals surface area (Å²) >= 11 is 5.60. The number of rotatable bonds is 10. The normalized spacial score (nSPS) is 11.4. The lowest BCUT2D eigenvalue weighted by molar-refractivity contribution is -0.139. The third kappa shape index (κ3) is 7.58. The Bertz CT molecular complexity index is 721. The van der Waals surface area contributed by atoms with Crippen molar-refractivity contribution in [3.05, 3.63) is 65.7 Å². The molecular formula is C20H22ClNO5. The molecule has 144 valence electrons. The molecule has 0 aliphatic heterocycles. The van der Waals surface area contributed by atoms with E-state index >= 15 is 0 Å². The molecule has 0 aromatic heterocycles. The van der Waals surface area contributed by atoms with Crippen LogP contribution in [-0.4, -0.2) is 35.7 Å². The largest absolute Gasteiger partial charge is 0.494 e. The van der Waals surface area contributed by atoms with Crippen LogP contribution in [0.1, 0.15) is 17.5 Å². The van der Waals surface area contributed by atoms with Crippen LogP contribution in [0.4, 0.5) is 4.79 Å². The Morgan fingerprint density at radius 2 is 1.74 bits per heavy atom. The molecular weight excluding hydrogens is 370 g/mol. The number of hydrogen-bond donors (Lipinski definition) is 2. The van der Waals surface area contributed by atoms with Crippen molar-refractivity contribution >= 4 is 23.7 Å². The molecule has 0 aliphatic rings.